The minimum atomic E-state index is 0.268. The Kier molecular flexibility index (Phi) is 6.19. The molecule has 1 aromatic rings. The predicted molar refractivity (Wildman–Crippen MR) is 69.1 cm³/mol. The Balaban J connectivity index is 2.50. The highest BCUT2D eigenvalue weighted by Gasteiger charge is 2.19. The van der Waals surface area contributed by atoms with Gasteiger partial charge in [-0.3, -0.25) is 0 Å². The van der Waals surface area contributed by atoms with E-state index in [9.17, 15) is 0 Å². The molecular formula is C13H25N3O. The summed E-state index contributed by atoms with van der Waals surface area (Å²) in [6.07, 6.45) is 4.34. The number of aromatic nitrogens is 2. The first kappa shape index (κ1) is 14.2. The molecule has 0 saturated heterocycles. The van der Waals surface area contributed by atoms with Crippen molar-refractivity contribution >= 4 is 0 Å². The zero-order valence-corrected chi connectivity index (χ0v) is 11.5. The van der Waals surface area contributed by atoms with Crippen LogP contribution in [0.25, 0.3) is 0 Å². The van der Waals surface area contributed by atoms with Crippen LogP contribution < -0.4 is 5.32 Å². The molecule has 4 heteroatoms. The van der Waals surface area contributed by atoms with Gasteiger partial charge in [-0.1, -0.05) is 32.3 Å². The average molecular weight is 239 g/mol. The highest BCUT2D eigenvalue weighted by Crippen LogP contribution is 2.17. The van der Waals surface area contributed by atoms with Gasteiger partial charge < -0.3 is 9.84 Å². The van der Waals surface area contributed by atoms with Crippen molar-refractivity contribution in [3.63, 3.8) is 0 Å². The maximum Gasteiger partial charge on any atom is 0.231 e. The number of hydrogen-bond donors (Lipinski definition) is 1. The summed E-state index contributed by atoms with van der Waals surface area (Å²) in [6, 6.07) is 0.370. The monoisotopic (exact) mass is 239 g/mol. The van der Waals surface area contributed by atoms with Gasteiger partial charge in [0.05, 0.1) is 5.92 Å². The SMILES string of the molecule is CCCCc1noc(C(C)C(C)NCCC)n1. The molecule has 0 aliphatic carbocycles. The molecule has 0 aliphatic heterocycles. The third-order valence-electron chi connectivity index (χ3n) is 3.09. The van der Waals surface area contributed by atoms with Gasteiger partial charge in [-0.2, -0.15) is 4.98 Å². The maximum atomic E-state index is 5.32. The Morgan fingerprint density at radius 3 is 2.65 bits per heavy atom. The summed E-state index contributed by atoms with van der Waals surface area (Å²) < 4.78 is 5.32. The van der Waals surface area contributed by atoms with Gasteiger partial charge in [0.25, 0.3) is 0 Å². The van der Waals surface area contributed by atoms with Gasteiger partial charge in [0.2, 0.25) is 5.89 Å². The third kappa shape index (κ3) is 4.46. The number of nitrogens with one attached hydrogen (secondary N) is 1. The first-order valence-electron chi connectivity index (χ1n) is 6.74. The Morgan fingerprint density at radius 2 is 2.00 bits per heavy atom. The first-order valence-corrected chi connectivity index (χ1v) is 6.74. The summed E-state index contributed by atoms with van der Waals surface area (Å²) in [5.74, 6) is 1.87. The van der Waals surface area contributed by atoms with Crippen LogP contribution in [0, 0.1) is 0 Å². The highest BCUT2D eigenvalue weighted by molar-refractivity contribution is 4.96. The fraction of sp³-hybridized carbons (Fsp3) is 0.846. The lowest BCUT2D eigenvalue weighted by molar-refractivity contribution is 0.328. The van der Waals surface area contributed by atoms with E-state index in [0.29, 0.717) is 6.04 Å². The van der Waals surface area contributed by atoms with Crippen LogP contribution in [0.3, 0.4) is 0 Å². The second kappa shape index (κ2) is 7.43. The molecule has 0 spiro atoms. The molecule has 98 valence electrons. The molecule has 0 aliphatic rings. The van der Waals surface area contributed by atoms with E-state index in [1.807, 2.05) is 0 Å². The minimum Gasteiger partial charge on any atom is -0.339 e. The molecule has 1 aromatic heterocycles. The molecule has 1 N–H and O–H groups in total. The highest BCUT2D eigenvalue weighted by atomic mass is 16.5. The van der Waals surface area contributed by atoms with Gasteiger partial charge in [-0.25, -0.2) is 0 Å². The first-order chi connectivity index (χ1) is 8.19. The molecule has 1 heterocycles. The minimum absolute atomic E-state index is 0.268. The van der Waals surface area contributed by atoms with Gasteiger partial charge in [0.15, 0.2) is 5.82 Å². The summed E-state index contributed by atoms with van der Waals surface area (Å²) in [6.45, 7) is 9.66. The number of aryl methyl sites for hydroxylation is 1. The molecule has 0 aromatic carbocycles. The topological polar surface area (TPSA) is 51.0 Å². The van der Waals surface area contributed by atoms with Crippen molar-refractivity contribution in [3.8, 4) is 0 Å². The maximum absolute atomic E-state index is 5.32. The van der Waals surface area contributed by atoms with Gasteiger partial charge >= 0.3 is 0 Å². The van der Waals surface area contributed by atoms with Crippen LogP contribution in [-0.2, 0) is 6.42 Å². The molecule has 0 radical (unpaired) electrons. The van der Waals surface area contributed by atoms with E-state index in [1.165, 1.54) is 0 Å². The molecule has 2 atom stereocenters. The van der Waals surface area contributed by atoms with E-state index in [1.54, 1.807) is 0 Å². The van der Waals surface area contributed by atoms with Gasteiger partial charge in [-0.05, 0) is 26.3 Å². The Hall–Kier alpha value is -0.900. The van der Waals surface area contributed by atoms with Crippen molar-refractivity contribution in [2.75, 3.05) is 6.54 Å². The largest absolute Gasteiger partial charge is 0.339 e. The van der Waals surface area contributed by atoms with E-state index in [4.69, 9.17) is 4.52 Å². The summed E-state index contributed by atoms with van der Waals surface area (Å²) in [5, 5.41) is 7.48. The number of unbranched alkanes of at least 4 members (excludes halogenated alkanes) is 1. The molecule has 1 rings (SSSR count). The lowest BCUT2D eigenvalue weighted by Crippen LogP contribution is -2.31. The van der Waals surface area contributed by atoms with Gasteiger partial charge in [-0.15, -0.1) is 0 Å². The average Bonchev–Trinajstić information content (AvgIpc) is 2.81. The van der Waals surface area contributed by atoms with Crippen molar-refractivity contribution in [1.82, 2.24) is 15.5 Å². The van der Waals surface area contributed by atoms with E-state index < -0.39 is 0 Å². The third-order valence-corrected chi connectivity index (χ3v) is 3.09. The van der Waals surface area contributed by atoms with Crippen LogP contribution in [0.2, 0.25) is 0 Å². The van der Waals surface area contributed by atoms with Crippen molar-refractivity contribution in [2.24, 2.45) is 0 Å². The Morgan fingerprint density at radius 1 is 1.24 bits per heavy atom. The molecular weight excluding hydrogens is 214 g/mol. The number of hydrogen-bond acceptors (Lipinski definition) is 4. The fourth-order valence-corrected chi connectivity index (χ4v) is 1.65. The number of rotatable bonds is 8. The van der Waals surface area contributed by atoms with Crippen LogP contribution in [0.4, 0.5) is 0 Å². The zero-order valence-electron chi connectivity index (χ0n) is 11.5. The fourth-order valence-electron chi connectivity index (χ4n) is 1.65. The van der Waals surface area contributed by atoms with Crippen LogP contribution in [0.5, 0.6) is 0 Å². The predicted octanol–water partition coefficient (Wildman–Crippen LogP) is 2.90. The number of nitrogens with zero attached hydrogens (tertiary/aromatic N) is 2. The van der Waals surface area contributed by atoms with Crippen molar-refractivity contribution in [2.45, 2.75) is 65.3 Å². The normalized spacial score (nSPS) is 14.8. The van der Waals surface area contributed by atoms with E-state index in [2.05, 4.69) is 43.2 Å². The van der Waals surface area contributed by atoms with Crippen molar-refractivity contribution in [1.29, 1.82) is 0 Å². The Bertz CT molecular complexity index is 311. The molecule has 0 saturated carbocycles. The van der Waals surface area contributed by atoms with Crippen LogP contribution in [-0.4, -0.2) is 22.7 Å². The zero-order chi connectivity index (χ0) is 12.7. The smallest absolute Gasteiger partial charge is 0.231 e. The quantitative estimate of drug-likeness (QED) is 0.758. The summed E-state index contributed by atoms with van der Waals surface area (Å²) in [7, 11) is 0. The summed E-state index contributed by atoms with van der Waals surface area (Å²) in [4.78, 5) is 4.46. The van der Waals surface area contributed by atoms with Crippen molar-refractivity contribution < 1.29 is 4.52 Å². The van der Waals surface area contributed by atoms with E-state index in [-0.39, 0.29) is 5.92 Å². The second-order valence-electron chi connectivity index (χ2n) is 4.68. The van der Waals surface area contributed by atoms with Crippen LogP contribution in [0.1, 0.15) is 64.6 Å². The van der Waals surface area contributed by atoms with Crippen LogP contribution >= 0.6 is 0 Å². The lowest BCUT2D eigenvalue weighted by Gasteiger charge is -2.17. The van der Waals surface area contributed by atoms with Gasteiger partial charge in [0.1, 0.15) is 0 Å². The van der Waals surface area contributed by atoms with E-state index >= 15 is 0 Å². The molecule has 0 fully saturated rings. The second-order valence-corrected chi connectivity index (χ2v) is 4.68. The Labute approximate surface area is 104 Å². The van der Waals surface area contributed by atoms with Gasteiger partial charge in [0, 0.05) is 12.5 Å². The molecule has 0 bridgehead atoms. The molecule has 0 amide bonds. The lowest BCUT2D eigenvalue weighted by atomic mass is 10.0. The molecule has 2 unspecified atom stereocenters. The molecule has 4 nitrogen and oxygen atoms in total. The van der Waals surface area contributed by atoms with E-state index in [0.717, 1.165) is 43.9 Å². The molecule has 17 heavy (non-hydrogen) atoms. The van der Waals surface area contributed by atoms with Crippen LogP contribution in [0.15, 0.2) is 4.52 Å². The summed E-state index contributed by atoms with van der Waals surface area (Å²) in [5.41, 5.74) is 0. The summed E-state index contributed by atoms with van der Waals surface area (Å²) >= 11 is 0. The standard InChI is InChI=1S/C13H25N3O/c1-5-7-8-12-15-13(17-16-12)10(3)11(4)14-9-6-2/h10-11,14H,5-9H2,1-4H3. The van der Waals surface area contributed by atoms with Crippen molar-refractivity contribution in [3.05, 3.63) is 11.7 Å².